The van der Waals surface area contributed by atoms with E-state index >= 15 is 0 Å². The van der Waals surface area contributed by atoms with Crippen molar-refractivity contribution < 1.29 is 14.3 Å². The van der Waals surface area contributed by atoms with Gasteiger partial charge >= 0.3 is 6.03 Å². The third-order valence-electron chi connectivity index (χ3n) is 5.44. The highest BCUT2D eigenvalue weighted by molar-refractivity contribution is 5.94. The lowest BCUT2D eigenvalue weighted by molar-refractivity contribution is 0.0485. The molecule has 4 N–H and O–H groups in total. The highest BCUT2D eigenvalue weighted by atomic mass is 16.5. The summed E-state index contributed by atoms with van der Waals surface area (Å²) in [7, 11) is 0. The summed E-state index contributed by atoms with van der Waals surface area (Å²) >= 11 is 0. The van der Waals surface area contributed by atoms with Crippen molar-refractivity contribution in [3.05, 3.63) is 70.8 Å². The van der Waals surface area contributed by atoms with Crippen molar-refractivity contribution in [3.8, 4) is 0 Å². The van der Waals surface area contributed by atoms with Crippen molar-refractivity contribution in [2.75, 3.05) is 19.8 Å². The maximum atomic E-state index is 12.7. The summed E-state index contributed by atoms with van der Waals surface area (Å²) in [6, 6.07) is 15.0. The fourth-order valence-electron chi connectivity index (χ4n) is 3.79. The Labute approximate surface area is 165 Å². The molecule has 3 rings (SSSR count). The Kier molecular flexibility index (Phi) is 6.31. The smallest absolute Gasteiger partial charge is 0.312 e. The molecule has 2 aromatic rings. The molecule has 0 aliphatic carbocycles. The first kappa shape index (κ1) is 19.9. The molecule has 1 fully saturated rings. The lowest BCUT2D eigenvalue weighted by Gasteiger charge is -2.39. The number of amides is 3. The summed E-state index contributed by atoms with van der Waals surface area (Å²) in [4.78, 5) is 23.5. The van der Waals surface area contributed by atoms with Crippen LogP contribution >= 0.6 is 0 Å². The summed E-state index contributed by atoms with van der Waals surface area (Å²) in [5, 5.41) is 5.65. The van der Waals surface area contributed by atoms with Gasteiger partial charge in [-0.25, -0.2) is 4.79 Å². The van der Waals surface area contributed by atoms with Gasteiger partial charge in [-0.15, -0.1) is 0 Å². The standard InChI is InChI=1S/C22H27N3O3/c1-16-4-2-3-5-19(16)22(10-12-28-13-11-22)15-25-20(26)18-8-6-17(7-9-18)14-24-21(23)27/h2-9H,10-15H2,1H3,(H,25,26)(H3,23,24,27). The molecule has 0 saturated carbocycles. The largest absolute Gasteiger partial charge is 0.381 e. The average Bonchev–Trinajstić information content (AvgIpc) is 2.72. The number of aryl methyl sites for hydroxylation is 1. The van der Waals surface area contributed by atoms with Crippen molar-refractivity contribution in [1.29, 1.82) is 0 Å². The summed E-state index contributed by atoms with van der Waals surface area (Å²) in [6.45, 7) is 4.43. The monoisotopic (exact) mass is 381 g/mol. The number of ether oxygens (including phenoxy) is 1. The van der Waals surface area contributed by atoms with Crippen LogP contribution in [0.1, 0.15) is 39.9 Å². The average molecular weight is 381 g/mol. The Morgan fingerprint density at radius 3 is 2.36 bits per heavy atom. The van der Waals surface area contributed by atoms with Crippen molar-refractivity contribution in [3.63, 3.8) is 0 Å². The molecular formula is C22H27N3O3. The number of nitrogens with one attached hydrogen (secondary N) is 2. The van der Waals surface area contributed by atoms with Gasteiger partial charge in [0, 0.05) is 37.3 Å². The van der Waals surface area contributed by atoms with E-state index in [0.29, 0.717) is 31.9 Å². The number of rotatable bonds is 6. The zero-order valence-corrected chi connectivity index (χ0v) is 16.2. The van der Waals surface area contributed by atoms with Gasteiger partial charge in [0.2, 0.25) is 0 Å². The highest BCUT2D eigenvalue weighted by Crippen LogP contribution is 2.36. The molecule has 1 saturated heterocycles. The van der Waals surface area contributed by atoms with E-state index in [-0.39, 0.29) is 11.3 Å². The molecule has 0 spiro atoms. The minimum Gasteiger partial charge on any atom is -0.381 e. The van der Waals surface area contributed by atoms with E-state index in [1.54, 1.807) is 12.1 Å². The molecule has 0 atom stereocenters. The van der Waals surface area contributed by atoms with E-state index in [2.05, 4.69) is 35.8 Å². The predicted molar refractivity (Wildman–Crippen MR) is 108 cm³/mol. The van der Waals surface area contributed by atoms with Crippen molar-refractivity contribution >= 4 is 11.9 Å². The number of primary amides is 1. The van der Waals surface area contributed by atoms with Gasteiger partial charge in [-0.3, -0.25) is 4.79 Å². The van der Waals surface area contributed by atoms with Crippen LogP contribution in [0, 0.1) is 6.92 Å². The summed E-state index contributed by atoms with van der Waals surface area (Å²) in [5.74, 6) is -0.103. The predicted octanol–water partition coefficient (Wildman–Crippen LogP) is 2.64. The molecule has 3 amide bonds. The Bertz CT molecular complexity index is 827. The molecule has 6 nitrogen and oxygen atoms in total. The van der Waals surface area contributed by atoms with E-state index in [9.17, 15) is 9.59 Å². The van der Waals surface area contributed by atoms with Gasteiger partial charge in [-0.2, -0.15) is 0 Å². The number of carbonyl (C=O) groups is 2. The van der Waals surface area contributed by atoms with Crippen LogP contribution in [0.15, 0.2) is 48.5 Å². The fourth-order valence-corrected chi connectivity index (χ4v) is 3.79. The van der Waals surface area contributed by atoms with Gasteiger partial charge in [0.15, 0.2) is 0 Å². The van der Waals surface area contributed by atoms with Crippen LogP contribution in [-0.2, 0) is 16.7 Å². The van der Waals surface area contributed by atoms with Crippen LogP contribution in [0.4, 0.5) is 4.79 Å². The quantitative estimate of drug-likeness (QED) is 0.718. The van der Waals surface area contributed by atoms with Crippen molar-refractivity contribution in [1.82, 2.24) is 10.6 Å². The van der Waals surface area contributed by atoms with Crippen LogP contribution in [-0.4, -0.2) is 31.7 Å². The Hall–Kier alpha value is -2.86. The van der Waals surface area contributed by atoms with Crippen molar-refractivity contribution in [2.45, 2.75) is 31.7 Å². The zero-order valence-electron chi connectivity index (χ0n) is 16.2. The SMILES string of the molecule is Cc1ccccc1C1(CNC(=O)c2ccc(CNC(N)=O)cc2)CCOCC1. The van der Waals surface area contributed by atoms with Crippen molar-refractivity contribution in [2.24, 2.45) is 5.73 Å². The van der Waals surface area contributed by atoms with E-state index in [1.807, 2.05) is 18.2 Å². The molecule has 0 unspecified atom stereocenters. The molecular weight excluding hydrogens is 354 g/mol. The van der Waals surface area contributed by atoms with E-state index in [1.165, 1.54) is 11.1 Å². The Morgan fingerprint density at radius 1 is 1.04 bits per heavy atom. The molecule has 148 valence electrons. The minimum absolute atomic E-state index is 0.103. The van der Waals surface area contributed by atoms with Gasteiger partial charge < -0.3 is 21.1 Å². The van der Waals surface area contributed by atoms with E-state index in [0.717, 1.165) is 18.4 Å². The third-order valence-corrected chi connectivity index (χ3v) is 5.44. The maximum Gasteiger partial charge on any atom is 0.312 e. The number of nitrogens with two attached hydrogens (primary N) is 1. The molecule has 0 aromatic heterocycles. The normalized spacial score (nSPS) is 15.6. The first-order valence-electron chi connectivity index (χ1n) is 9.54. The Balaban J connectivity index is 1.69. The van der Waals surface area contributed by atoms with E-state index in [4.69, 9.17) is 10.5 Å². The molecule has 2 aromatic carbocycles. The van der Waals surface area contributed by atoms with Crippen LogP contribution in [0.25, 0.3) is 0 Å². The van der Waals surface area contributed by atoms with Gasteiger partial charge in [-0.1, -0.05) is 36.4 Å². The zero-order chi connectivity index (χ0) is 20.0. The minimum atomic E-state index is -0.570. The lowest BCUT2D eigenvalue weighted by atomic mass is 9.72. The van der Waals surface area contributed by atoms with Crippen LogP contribution < -0.4 is 16.4 Å². The molecule has 6 heteroatoms. The first-order valence-corrected chi connectivity index (χ1v) is 9.54. The second-order valence-electron chi connectivity index (χ2n) is 7.31. The van der Waals surface area contributed by atoms with Gasteiger partial charge in [0.1, 0.15) is 0 Å². The number of benzene rings is 2. The molecule has 0 bridgehead atoms. The van der Waals surface area contributed by atoms with Crippen LogP contribution in [0.2, 0.25) is 0 Å². The topological polar surface area (TPSA) is 93.5 Å². The maximum absolute atomic E-state index is 12.7. The van der Waals surface area contributed by atoms with Gasteiger partial charge in [0.25, 0.3) is 5.91 Å². The molecule has 0 radical (unpaired) electrons. The molecule has 28 heavy (non-hydrogen) atoms. The Morgan fingerprint density at radius 2 is 1.71 bits per heavy atom. The van der Waals surface area contributed by atoms with Gasteiger partial charge in [-0.05, 0) is 48.6 Å². The summed E-state index contributed by atoms with van der Waals surface area (Å²) in [5.41, 5.74) is 8.97. The number of hydrogen-bond acceptors (Lipinski definition) is 3. The van der Waals surface area contributed by atoms with Crippen LogP contribution in [0.3, 0.4) is 0 Å². The molecule has 1 aliphatic rings. The molecule has 1 aliphatic heterocycles. The van der Waals surface area contributed by atoms with Crippen LogP contribution in [0.5, 0.6) is 0 Å². The summed E-state index contributed by atoms with van der Waals surface area (Å²) in [6.07, 6.45) is 1.77. The van der Waals surface area contributed by atoms with E-state index < -0.39 is 6.03 Å². The second kappa shape index (κ2) is 8.89. The fraction of sp³-hybridized carbons (Fsp3) is 0.364. The highest BCUT2D eigenvalue weighted by Gasteiger charge is 2.35. The first-order chi connectivity index (χ1) is 13.5. The number of carbonyl (C=O) groups excluding carboxylic acids is 2. The number of urea groups is 1. The second-order valence-corrected chi connectivity index (χ2v) is 7.31. The third kappa shape index (κ3) is 4.70. The molecule has 1 heterocycles. The number of hydrogen-bond donors (Lipinski definition) is 3. The van der Waals surface area contributed by atoms with Gasteiger partial charge in [0.05, 0.1) is 0 Å². The summed E-state index contributed by atoms with van der Waals surface area (Å²) < 4.78 is 5.58. The lowest BCUT2D eigenvalue weighted by Crippen LogP contribution is -2.45.